The van der Waals surface area contributed by atoms with Gasteiger partial charge in [-0.2, -0.15) is 0 Å². The van der Waals surface area contributed by atoms with Gasteiger partial charge in [0.25, 0.3) is 0 Å². The molecular formula is C16H19FN2. The summed E-state index contributed by atoms with van der Waals surface area (Å²) in [6, 6.07) is 8.94. The zero-order valence-electron chi connectivity index (χ0n) is 11.4. The summed E-state index contributed by atoms with van der Waals surface area (Å²) in [4.78, 5) is 4.20. The van der Waals surface area contributed by atoms with Crippen LogP contribution in [0.5, 0.6) is 0 Å². The lowest BCUT2D eigenvalue weighted by Crippen LogP contribution is -2.14. The summed E-state index contributed by atoms with van der Waals surface area (Å²) in [5.74, 6) is -0.192. The number of pyridine rings is 1. The molecule has 2 nitrogen and oxygen atoms in total. The van der Waals surface area contributed by atoms with E-state index in [-0.39, 0.29) is 5.82 Å². The van der Waals surface area contributed by atoms with Gasteiger partial charge >= 0.3 is 0 Å². The SMILES string of the molecule is CCCNCc1cc(F)ccc1-c1ccnc(C)c1. The average Bonchev–Trinajstić information content (AvgIpc) is 2.39. The Hall–Kier alpha value is -1.74. The van der Waals surface area contributed by atoms with Crippen LogP contribution in [0.4, 0.5) is 4.39 Å². The maximum atomic E-state index is 13.4. The van der Waals surface area contributed by atoms with E-state index in [0.717, 1.165) is 35.3 Å². The molecule has 1 heterocycles. The molecule has 3 heteroatoms. The van der Waals surface area contributed by atoms with Crippen LogP contribution in [-0.4, -0.2) is 11.5 Å². The van der Waals surface area contributed by atoms with Crippen molar-refractivity contribution in [1.29, 1.82) is 0 Å². The number of benzene rings is 1. The van der Waals surface area contributed by atoms with Crippen molar-refractivity contribution in [2.75, 3.05) is 6.54 Å². The first kappa shape index (κ1) is 13.7. The molecule has 0 saturated carbocycles. The van der Waals surface area contributed by atoms with Gasteiger partial charge in [-0.3, -0.25) is 4.98 Å². The van der Waals surface area contributed by atoms with E-state index in [1.807, 2.05) is 25.1 Å². The van der Waals surface area contributed by atoms with Crippen molar-refractivity contribution in [1.82, 2.24) is 10.3 Å². The van der Waals surface area contributed by atoms with Gasteiger partial charge in [-0.1, -0.05) is 13.0 Å². The van der Waals surface area contributed by atoms with Gasteiger partial charge in [-0.25, -0.2) is 4.39 Å². The molecule has 0 aliphatic carbocycles. The average molecular weight is 258 g/mol. The third kappa shape index (κ3) is 3.61. The van der Waals surface area contributed by atoms with E-state index in [1.54, 1.807) is 12.3 Å². The Morgan fingerprint density at radius 2 is 2.05 bits per heavy atom. The summed E-state index contributed by atoms with van der Waals surface area (Å²) in [7, 11) is 0. The zero-order chi connectivity index (χ0) is 13.7. The fourth-order valence-electron chi connectivity index (χ4n) is 2.10. The van der Waals surface area contributed by atoms with Gasteiger partial charge in [-0.15, -0.1) is 0 Å². The number of nitrogens with zero attached hydrogens (tertiary/aromatic N) is 1. The van der Waals surface area contributed by atoms with Crippen LogP contribution >= 0.6 is 0 Å². The Morgan fingerprint density at radius 1 is 1.21 bits per heavy atom. The molecule has 0 radical (unpaired) electrons. The Balaban J connectivity index is 2.33. The van der Waals surface area contributed by atoms with Crippen LogP contribution in [0, 0.1) is 12.7 Å². The summed E-state index contributed by atoms with van der Waals surface area (Å²) in [5, 5.41) is 3.32. The summed E-state index contributed by atoms with van der Waals surface area (Å²) in [6.45, 7) is 5.70. The second-order valence-corrected chi connectivity index (χ2v) is 4.66. The zero-order valence-corrected chi connectivity index (χ0v) is 11.4. The molecule has 2 aromatic rings. The summed E-state index contributed by atoms with van der Waals surface area (Å²) in [6.07, 6.45) is 2.86. The minimum Gasteiger partial charge on any atom is -0.313 e. The van der Waals surface area contributed by atoms with E-state index in [1.165, 1.54) is 6.07 Å². The van der Waals surface area contributed by atoms with Crippen molar-refractivity contribution in [2.24, 2.45) is 0 Å². The van der Waals surface area contributed by atoms with Crippen LogP contribution in [0.15, 0.2) is 36.5 Å². The van der Waals surface area contributed by atoms with Crippen LogP contribution in [0.3, 0.4) is 0 Å². The Morgan fingerprint density at radius 3 is 2.79 bits per heavy atom. The number of rotatable bonds is 5. The maximum absolute atomic E-state index is 13.4. The van der Waals surface area contributed by atoms with Crippen LogP contribution in [-0.2, 0) is 6.54 Å². The van der Waals surface area contributed by atoms with Gasteiger partial charge in [0, 0.05) is 18.4 Å². The fourth-order valence-corrected chi connectivity index (χ4v) is 2.10. The lowest BCUT2D eigenvalue weighted by molar-refractivity contribution is 0.619. The number of aromatic nitrogens is 1. The molecule has 0 aliphatic rings. The molecule has 0 fully saturated rings. The molecule has 0 bridgehead atoms. The lowest BCUT2D eigenvalue weighted by atomic mass is 9.99. The van der Waals surface area contributed by atoms with Crippen molar-refractivity contribution < 1.29 is 4.39 Å². The first-order chi connectivity index (χ1) is 9.20. The van der Waals surface area contributed by atoms with E-state index in [0.29, 0.717) is 6.54 Å². The van der Waals surface area contributed by atoms with Crippen LogP contribution in [0.2, 0.25) is 0 Å². The van der Waals surface area contributed by atoms with Crippen molar-refractivity contribution in [3.8, 4) is 11.1 Å². The molecule has 100 valence electrons. The highest BCUT2D eigenvalue weighted by atomic mass is 19.1. The second-order valence-electron chi connectivity index (χ2n) is 4.66. The number of aryl methyl sites for hydroxylation is 1. The number of hydrogen-bond acceptors (Lipinski definition) is 2. The van der Waals surface area contributed by atoms with Crippen molar-refractivity contribution in [3.05, 3.63) is 53.6 Å². The van der Waals surface area contributed by atoms with Crippen molar-refractivity contribution in [2.45, 2.75) is 26.8 Å². The summed E-state index contributed by atoms with van der Waals surface area (Å²) < 4.78 is 13.4. The van der Waals surface area contributed by atoms with E-state index < -0.39 is 0 Å². The maximum Gasteiger partial charge on any atom is 0.123 e. The molecule has 0 saturated heterocycles. The van der Waals surface area contributed by atoms with E-state index in [9.17, 15) is 4.39 Å². The molecule has 1 aromatic carbocycles. The number of hydrogen-bond donors (Lipinski definition) is 1. The largest absolute Gasteiger partial charge is 0.313 e. The molecule has 19 heavy (non-hydrogen) atoms. The van der Waals surface area contributed by atoms with Gasteiger partial charge in [0.05, 0.1) is 0 Å². The van der Waals surface area contributed by atoms with Gasteiger partial charge in [0.15, 0.2) is 0 Å². The van der Waals surface area contributed by atoms with Crippen LogP contribution in [0.1, 0.15) is 24.6 Å². The van der Waals surface area contributed by atoms with E-state index >= 15 is 0 Å². The van der Waals surface area contributed by atoms with Crippen LogP contribution < -0.4 is 5.32 Å². The van der Waals surface area contributed by atoms with E-state index in [4.69, 9.17) is 0 Å². The Bertz CT molecular complexity index is 552. The monoisotopic (exact) mass is 258 g/mol. The third-order valence-electron chi connectivity index (χ3n) is 3.02. The first-order valence-corrected chi connectivity index (χ1v) is 6.63. The quantitative estimate of drug-likeness (QED) is 0.827. The number of nitrogens with one attached hydrogen (secondary N) is 1. The smallest absolute Gasteiger partial charge is 0.123 e. The standard InChI is InChI=1S/C16H19FN2/c1-3-7-18-11-14-10-15(17)4-5-16(14)13-6-8-19-12(2)9-13/h4-6,8-10,18H,3,7,11H2,1-2H3. The molecule has 1 aromatic heterocycles. The summed E-state index contributed by atoms with van der Waals surface area (Å²) in [5.41, 5.74) is 4.10. The molecule has 2 rings (SSSR count). The minimum absolute atomic E-state index is 0.192. The Kier molecular flexibility index (Phi) is 4.63. The highest BCUT2D eigenvalue weighted by Gasteiger charge is 2.07. The Labute approximate surface area is 113 Å². The predicted molar refractivity (Wildman–Crippen MR) is 76.4 cm³/mol. The molecule has 0 amide bonds. The minimum atomic E-state index is -0.192. The molecule has 0 aliphatic heterocycles. The normalized spacial score (nSPS) is 10.7. The van der Waals surface area contributed by atoms with Gasteiger partial charge in [0.1, 0.15) is 5.82 Å². The first-order valence-electron chi connectivity index (χ1n) is 6.63. The molecular weight excluding hydrogens is 239 g/mol. The third-order valence-corrected chi connectivity index (χ3v) is 3.02. The fraction of sp³-hybridized carbons (Fsp3) is 0.312. The predicted octanol–water partition coefficient (Wildman–Crippen LogP) is 3.70. The van der Waals surface area contributed by atoms with Gasteiger partial charge < -0.3 is 5.32 Å². The molecule has 0 spiro atoms. The lowest BCUT2D eigenvalue weighted by Gasteiger charge is -2.11. The molecule has 0 unspecified atom stereocenters. The van der Waals surface area contributed by atoms with Crippen LogP contribution in [0.25, 0.3) is 11.1 Å². The van der Waals surface area contributed by atoms with Crippen molar-refractivity contribution in [3.63, 3.8) is 0 Å². The topological polar surface area (TPSA) is 24.9 Å². The summed E-state index contributed by atoms with van der Waals surface area (Å²) >= 11 is 0. The highest BCUT2D eigenvalue weighted by molar-refractivity contribution is 5.67. The van der Waals surface area contributed by atoms with Crippen molar-refractivity contribution >= 4 is 0 Å². The van der Waals surface area contributed by atoms with Gasteiger partial charge in [0.2, 0.25) is 0 Å². The van der Waals surface area contributed by atoms with E-state index in [2.05, 4.69) is 17.2 Å². The van der Waals surface area contributed by atoms with Gasteiger partial charge in [-0.05, 0) is 60.8 Å². The molecule has 1 N–H and O–H groups in total. The number of halogens is 1. The molecule has 0 atom stereocenters. The second kappa shape index (κ2) is 6.43. The highest BCUT2D eigenvalue weighted by Crippen LogP contribution is 2.24.